The van der Waals surface area contributed by atoms with Crippen LogP contribution in [0.4, 0.5) is 16.3 Å². The van der Waals surface area contributed by atoms with Crippen LogP contribution < -0.4 is 21.5 Å². The van der Waals surface area contributed by atoms with Gasteiger partial charge in [0.25, 0.3) is 11.5 Å². The summed E-state index contributed by atoms with van der Waals surface area (Å²) < 4.78 is 6.50. The van der Waals surface area contributed by atoms with Crippen LogP contribution in [0.25, 0.3) is 0 Å². The topological polar surface area (TPSA) is 127 Å². The molecule has 10 nitrogen and oxygen atoms in total. The Kier molecular flexibility index (Phi) is 5.27. The second kappa shape index (κ2) is 7.53. The lowest BCUT2D eigenvalue weighted by molar-refractivity contribution is 0.0900. The zero-order valence-corrected chi connectivity index (χ0v) is 16.8. The first-order chi connectivity index (χ1) is 13.6. The molecule has 3 heterocycles. The van der Waals surface area contributed by atoms with Crippen LogP contribution in [-0.4, -0.2) is 39.7 Å². The largest absolute Gasteiger partial charge is 0.449 e. The minimum Gasteiger partial charge on any atom is -0.449 e. The molecule has 3 rings (SSSR count). The normalized spacial score (nSPS) is 18.0. The highest BCUT2D eigenvalue weighted by Crippen LogP contribution is 2.22. The van der Waals surface area contributed by atoms with E-state index in [0.29, 0.717) is 5.82 Å². The summed E-state index contributed by atoms with van der Waals surface area (Å²) >= 11 is 0. The summed E-state index contributed by atoms with van der Waals surface area (Å²) in [6, 6.07) is 4.68. The number of fused-ring (bicyclic) bond motifs is 1. The van der Waals surface area contributed by atoms with Crippen molar-refractivity contribution in [1.82, 2.24) is 25.2 Å². The summed E-state index contributed by atoms with van der Waals surface area (Å²) in [4.78, 5) is 45.3. The number of nitrogens with one attached hydrogen (secondary N) is 3. The molecule has 2 aromatic rings. The van der Waals surface area contributed by atoms with Gasteiger partial charge in [0.05, 0.1) is 13.2 Å². The second-order valence-corrected chi connectivity index (χ2v) is 8.21. The van der Waals surface area contributed by atoms with E-state index in [4.69, 9.17) is 4.74 Å². The number of carbonyl (C=O) groups excluding carboxylic acids is 2. The molecule has 0 aromatic carbocycles. The molecule has 154 valence electrons. The molecule has 1 unspecified atom stereocenters. The van der Waals surface area contributed by atoms with Gasteiger partial charge in [-0.3, -0.25) is 14.2 Å². The van der Waals surface area contributed by atoms with Crippen LogP contribution in [0.3, 0.4) is 0 Å². The highest BCUT2D eigenvalue weighted by atomic mass is 16.5. The molecular formula is C19H24N6O4. The minimum atomic E-state index is -1.15. The molecule has 2 amide bonds. The molecule has 0 saturated carbocycles. The van der Waals surface area contributed by atoms with Crippen molar-refractivity contribution in [3.05, 3.63) is 46.8 Å². The quantitative estimate of drug-likeness (QED) is 0.695. The molecule has 3 N–H and O–H groups in total. The van der Waals surface area contributed by atoms with Gasteiger partial charge in [-0.15, -0.1) is 0 Å². The third-order valence-electron chi connectivity index (χ3n) is 4.25. The van der Waals surface area contributed by atoms with Crippen molar-refractivity contribution in [2.75, 3.05) is 18.5 Å². The number of alkyl carbamates (subject to hydrolysis) is 1. The van der Waals surface area contributed by atoms with Crippen molar-refractivity contribution in [3.63, 3.8) is 0 Å². The Morgan fingerprint density at radius 3 is 2.69 bits per heavy atom. The average Bonchev–Trinajstić information content (AvgIpc) is 2.92. The van der Waals surface area contributed by atoms with E-state index in [1.54, 1.807) is 25.3 Å². The van der Waals surface area contributed by atoms with Crippen molar-refractivity contribution in [2.45, 2.75) is 33.4 Å². The van der Waals surface area contributed by atoms with Crippen molar-refractivity contribution >= 4 is 23.5 Å². The van der Waals surface area contributed by atoms with Gasteiger partial charge in [-0.25, -0.2) is 14.8 Å². The van der Waals surface area contributed by atoms with E-state index in [9.17, 15) is 14.4 Å². The smallest absolute Gasteiger partial charge is 0.407 e. The second-order valence-electron chi connectivity index (χ2n) is 8.21. The molecule has 10 heteroatoms. The lowest BCUT2D eigenvalue weighted by Gasteiger charge is -2.28. The Morgan fingerprint density at radius 2 is 2.03 bits per heavy atom. The van der Waals surface area contributed by atoms with Crippen LogP contribution >= 0.6 is 0 Å². The molecule has 1 aliphatic rings. The van der Waals surface area contributed by atoms with Crippen LogP contribution in [-0.2, 0) is 10.4 Å². The van der Waals surface area contributed by atoms with Gasteiger partial charge in [-0.2, -0.15) is 0 Å². The third kappa shape index (κ3) is 4.53. The maximum atomic E-state index is 13.0. The lowest BCUT2D eigenvalue weighted by atomic mass is 9.99. The van der Waals surface area contributed by atoms with Crippen LogP contribution in [0.15, 0.2) is 35.5 Å². The average molecular weight is 400 g/mol. The number of hydrogen-bond acceptors (Lipinski definition) is 7. The number of nitrogens with zero attached hydrogens (tertiary/aromatic N) is 3. The zero-order valence-electron chi connectivity index (χ0n) is 16.8. The molecule has 0 aliphatic carbocycles. The molecule has 0 radical (unpaired) electrons. The van der Waals surface area contributed by atoms with Gasteiger partial charge in [0.2, 0.25) is 0 Å². The van der Waals surface area contributed by atoms with E-state index in [0.717, 1.165) is 0 Å². The van der Waals surface area contributed by atoms with Gasteiger partial charge >= 0.3 is 6.09 Å². The highest BCUT2D eigenvalue weighted by molar-refractivity contribution is 5.95. The highest BCUT2D eigenvalue weighted by Gasteiger charge is 2.40. The van der Waals surface area contributed by atoms with E-state index in [-0.39, 0.29) is 29.9 Å². The standard InChI is InChI=1S/C19H24N6O4/c1-18(2,3)10-29-17(28)21-9-19(4)24-15(26)13-6-5-12(16(27)25(13)19)23-14-7-8-20-11-22-14/h5-8,11H,9-10H2,1-4H3,(H,21,28)(H,24,26)(H,20,22,23). The fraction of sp³-hybridized carbons (Fsp3) is 0.421. The maximum Gasteiger partial charge on any atom is 0.407 e. The molecule has 0 saturated heterocycles. The maximum absolute atomic E-state index is 13.0. The predicted molar refractivity (Wildman–Crippen MR) is 106 cm³/mol. The summed E-state index contributed by atoms with van der Waals surface area (Å²) in [5.74, 6) is 0.0450. The van der Waals surface area contributed by atoms with E-state index in [2.05, 4.69) is 25.9 Å². The molecule has 0 fully saturated rings. The van der Waals surface area contributed by atoms with E-state index in [1.807, 2.05) is 20.8 Å². The molecule has 0 spiro atoms. The van der Waals surface area contributed by atoms with Gasteiger partial charge in [0, 0.05) is 6.20 Å². The van der Waals surface area contributed by atoms with Crippen LogP contribution in [0.2, 0.25) is 0 Å². The van der Waals surface area contributed by atoms with Gasteiger partial charge < -0.3 is 20.7 Å². The molecule has 2 aromatic heterocycles. The van der Waals surface area contributed by atoms with Gasteiger partial charge in [-0.05, 0) is 30.5 Å². The van der Waals surface area contributed by atoms with Crippen LogP contribution in [0.1, 0.15) is 38.2 Å². The van der Waals surface area contributed by atoms with Crippen molar-refractivity contribution in [1.29, 1.82) is 0 Å². The van der Waals surface area contributed by atoms with Gasteiger partial charge in [0.15, 0.2) is 0 Å². The number of pyridine rings is 1. The summed E-state index contributed by atoms with van der Waals surface area (Å²) in [5, 5.41) is 8.30. The number of amides is 2. The molecule has 29 heavy (non-hydrogen) atoms. The lowest BCUT2D eigenvalue weighted by Crippen LogP contribution is -2.53. The zero-order chi connectivity index (χ0) is 21.2. The van der Waals surface area contributed by atoms with E-state index >= 15 is 0 Å². The summed E-state index contributed by atoms with van der Waals surface area (Å²) in [5.41, 5.74) is -1.30. The van der Waals surface area contributed by atoms with Crippen LogP contribution in [0, 0.1) is 5.41 Å². The first-order valence-corrected chi connectivity index (χ1v) is 9.12. The SMILES string of the molecule is CC(C)(C)COC(=O)NCC1(C)NC(=O)c2ccc(Nc3ccncn3)c(=O)n21. The monoisotopic (exact) mass is 400 g/mol. The molecular weight excluding hydrogens is 376 g/mol. The minimum absolute atomic E-state index is 0.0222. The molecule has 1 atom stereocenters. The number of rotatable bonds is 5. The Hall–Kier alpha value is -3.43. The summed E-state index contributed by atoms with van der Waals surface area (Å²) in [7, 11) is 0. The third-order valence-corrected chi connectivity index (χ3v) is 4.25. The van der Waals surface area contributed by atoms with Crippen molar-refractivity contribution in [2.24, 2.45) is 5.41 Å². The van der Waals surface area contributed by atoms with Crippen LogP contribution in [0.5, 0.6) is 0 Å². The fourth-order valence-electron chi connectivity index (χ4n) is 2.87. The number of anilines is 2. The predicted octanol–water partition coefficient (Wildman–Crippen LogP) is 1.57. The molecule has 1 aliphatic heterocycles. The number of carbonyl (C=O) groups is 2. The number of hydrogen-bond donors (Lipinski definition) is 3. The first-order valence-electron chi connectivity index (χ1n) is 9.12. The Balaban J connectivity index is 1.81. The fourth-order valence-corrected chi connectivity index (χ4v) is 2.87. The summed E-state index contributed by atoms with van der Waals surface area (Å²) in [6.07, 6.45) is 2.28. The number of ether oxygens (including phenoxy) is 1. The number of aromatic nitrogens is 3. The van der Waals surface area contributed by atoms with Gasteiger partial charge in [-0.1, -0.05) is 20.8 Å². The molecule has 0 bridgehead atoms. The van der Waals surface area contributed by atoms with Crippen molar-refractivity contribution < 1.29 is 14.3 Å². The van der Waals surface area contributed by atoms with Crippen molar-refractivity contribution in [3.8, 4) is 0 Å². The van der Waals surface area contributed by atoms with Gasteiger partial charge in [0.1, 0.15) is 29.2 Å². The van der Waals surface area contributed by atoms with E-state index in [1.165, 1.54) is 17.0 Å². The Morgan fingerprint density at radius 1 is 1.28 bits per heavy atom. The Bertz CT molecular complexity index is 982. The first kappa shape index (κ1) is 20.3. The Labute approximate surface area is 167 Å². The summed E-state index contributed by atoms with van der Waals surface area (Å²) in [6.45, 7) is 7.71. The van der Waals surface area contributed by atoms with E-state index < -0.39 is 23.2 Å².